The van der Waals surface area contributed by atoms with Crippen LogP contribution in [0.3, 0.4) is 0 Å². The summed E-state index contributed by atoms with van der Waals surface area (Å²) in [6, 6.07) is -1.07. The molecule has 23 heavy (non-hydrogen) atoms. The molecule has 0 radical (unpaired) electrons. The van der Waals surface area contributed by atoms with Crippen LogP contribution < -0.4 is 11.1 Å². The van der Waals surface area contributed by atoms with Crippen molar-refractivity contribution in [3.63, 3.8) is 0 Å². The molecule has 130 valence electrons. The summed E-state index contributed by atoms with van der Waals surface area (Å²) in [7, 11) is 1.27. The zero-order valence-corrected chi connectivity index (χ0v) is 13.6. The summed E-state index contributed by atoms with van der Waals surface area (Å²) in [5.41, 5.74) is 6.42. The van der Waals surface area contributed by atoms with Gasteiger partial charge in [0.2, 0.25) is 5.91 Å². The van der Waals surface area contributed by atoms with E-state index in [2.05, 4.69) is 5.32 Å². The van der Waals surface area contributed by atoms with Crippen molar-refractivity contribution in [2.24, 2.45) is 5.73 Å². The number of esters is 1. The summed E-state index contributed by atoms with van der Waals surface area (Å²) in [5.74, 6) is -1.77. The van der Waals surface area contributed by atoms with Crippen LogP contribution >= 0.6 is 0 Å². The third kappa shape index (κ3) is 5.65. The molecule has 0 heterocycles. The van der Waals surface area contributed by atoms with E-state index in [-0.39, 0.29) is 18.7 Å². The minimum absolute atomic E-state index is 0.170. The smallest absolute Gasteiger partial charge is 0.333 e. The number of carbonyl (C=O) groups is 3. The van der Waals surface area contributed by atoms with Gasteiger partial charge in [-0.05, 0) is 18.9 Å². The van der Waals surface area contributed by atoms with Crippen LogP contribution in [-0.2, 0) is 23.9 Å². The number of amides is 1. The van der Waals surface area contributed by atoms with Gasteiger partial charge in [-0.3, -0.25) is 9.59 Å². The summed E-state index contributed by atoms with van der Waals surface area (Å²) < 4.78 is 10.5. The zero-order valence-electron chi connectivity index (χ0n) is 13.6. The number of methoxy groups -OCH3 is 1. The van der Waals surface area contributed by atoms with E-state index < -0.39 is 36.2 Å². The van der Waals surface area contributed by atoms with Crippen molar-refractivity contribution >= 4 is 17.8 Å². The number of carboxylic acid groups (broad SMARTS) is 1. The Balaban J connectivity index is 3.01. The standard InChI is InChI=1S/C15H24N2O6/c1-4-10(7-13(19)20)23-12-6-9(15(21)22-3)5-11(16)14(12)17-8(2)18/h6,10-12,14H,4-5,7,16H2,1-3H3,(H,17,18)(H,19,20)/t10?,11-,12+,14+/m0/s1. The average Bonchev–Trinajstić information content (AvgIpc) is 2.47. The van der Waals surface area contributed by atoms with Gasteiger partial charge in [-0.1, -0.05) is 6.92 Å². The molecule has 0 saturated heterocycles. The topological polar surface area (TPSA) is 128 Å². The second-order valence-electron chi connectivity index (χ2n) is 5.51. The Labute approximate surface area is 135 Å². The van der Waals surface area contributed by atoms with Gasteiger partial charge < -0.3 is 25.6 Å². The maximum Gasteiger partial charge on any atom is 0.333 e. The highest BCUT2D eigenvalue weighted by atomic mass is 16.5. The van der Waals surface area contributed by atoms with Crippen molar-refractivity contribution in [1.29, 1.82) is 0 Å². The Morgan fingerprint density at radius 2 is 2.13 bits per heavy atom. The number of ether oxygens (including phenoxy) is 2. The lowest BCUT2D eigenvalue weighted by atomic mass is 9.88. The zero-order chi connectivity index (χ0) is 17.6. The third-order valence-electron chi connectivity index (χ3n) is 3.66. The first-order chi connectivity index (χ1) is 10.8. The number of nitrogens with two attached hydrogens (primary N) is 1. The second-order valence-corrected chi connectivity index (χ2v) is 5.51. The molecule has 1 aliphatic carbocycles. The van der Waals surface area contributed by atoms with Gasteiger partial charge in [0, 0.05) is 18.5 Å². The van der Waals surface area contributed by atoms with Gasteiger partial charge in [-0.25, -0.2) is 4.79 Å². The quantitative estimate of drug-likeness (QED) is 0.559. The molecule has 0 aromatic carbocycles. The molecule has 4 N–H and O–H groups in total. The van der Waals surface area contributed by atoms with Gasteiger partial charge in [0.05, 0.1) is 31.8 Å². The van der Waals surface area contributed by atoms with E-state index in [4.69, 9.17) is 20.3 Å². The van der Waals surface area contributed by atoms with Crippen LogP contribution in [0.15, 0.2) is 11.6 Å². The summed E-state index contributed by atoms with van der Waals surface area (Å²) in [5, 5.41) is 11.6. The lowest BCUT2D eigenvalue weighted by molar-refractivity contribution is -0.142. The normalized spacial score (nSPS) is 25.2. The van der Waals surface area contributed by atoms with Gasteiger partial charge in [0.15, 0.2) is 0 Å². The van der Waals surface area contributed by atoms with E-state index >= 15 is 0 Å². The fourth-order valence-corrected chi connectivity index (χ4v) is 2.53. The molecular formula is C15H24N2O6. The first-order valence-corrected chi connectivity index (χ1v) is 7.47. The van der Waals surface area contributed by atoms with Crippen molar-refractivity contribution in [2.75, 3.05) is 7.11 Å². The molecule has 0 fully saturated rings. The Morgan fingerprint density at radius 1 is 1.48 bits per heavy atom. The molecule has 0 aromatic heterocycles. The number of aliphatic carboxylic acids is 1. The molecule has 8 heteroatoms. The number of rotatable bonds is 7. The number of hydrogen-bond acceptors (Lipinski definition) is 6. The highest BCUT2D eigenvalue weighted by molar-refractivity contribution is 5.89. The van der Waals surface area contributed by atoms with E-state index in [1.54, 1.807) is 13.0 Å². The Hall–Kier alpha value is -1.93. The Bertz CT molecular complexity index is 490. The fraction of sp³-hybridized carbons (Fsp3) is 0.667. The van der Waals surface area contributed by atoms with Gasteiger partial charge in [0.1, 0.15) is 0 Å². The summed E-state index contributed by atoms with van der Waals surface area (Å²) in [6.07, 6.45) is 0.867. The number of nitrogens with one attached hydrogen (secondary N) is 1. The number of carbonyl (C=O) groups excluding carboxylic acids is 2. The molecule has 0 aromatic rings. The number of carboxylic acids is 1. The van der Waals surface area contributed by atoms with Crippen LogP contribution in [0.25, 0.3) is 0 Å². The molecule has 1 unspecified atom stereocenters. The molecule has 1 aliphatic rings. The van der Waals surface area contributed by atoms with Crippen LogP contribution in [0.2, 0.25) is 0 Å². The van der Waals surface area contributed by atoms with E-state index in [1.165, 1.54) is 14.0 Å². The molecule has 0 bridgehead atoms. The SMILES string of the molecule is CCC(CC(=O)O)O[C@@H]1C=C(C(=O)OC)C[C@H](N)[C@H]1NC(C)=O. The van der Waals surface area contributed by atoms with E-state index in [0.29, 0.717) is 12.0 Å². The van der Waals surface area contributed by atoms with Crippen molar-refractivity contribution in [3.8, 4) is 0 Å². The third-order valence-corrected chi connectivity index (χ3v) is 3.66. The first kappa shape index (κ1) is 19.1. The van der Waals surface area contributed by atoms with E-state index in [0.717, 1.165) is 0 Å². The number of hydrogen-bond donors (Lipinski definition) is 3. The minimum Gasteiger partial charge on any atom is -0.481 e. The predicted molar refractivity (Wildman–Crippen MR) is 81.5 cm³/mol. The Morgan fingerprint density at radius 3 is 2.61 bits per heavy atom. The molecule has 8 nitrogen and oxygen atoms in total. The molecule has 0 aliphatic heterocycles. The van der Waals surface area contributed by atoms with Crippen molar-refractivity contribution < 1.29 is 29.0 Å². The minimum atomic E-state index is -0.981. The Kier molecular flexibility index (Phi) is 7.18. The lowest BCUT2D eigenvalue weighted by Crippen LogP contribution is -2.57. The molecule has 4 atom stereocenters. The van der Waals surface area contributed by atoms with Crippen LogP contribution in [0.4, 0.5) is 0 Å². The van der Waals surface area contributed by atoms with Crippen molar-refractivity contribution in [2.45, 2.75) is 57.4 Å². The van der Waals surface area contributed by atoms with Crippen molar-refractivity contribution in [3.05, 3.63) is 11.6 Å². The monoisotopic (exact) mass is 328 g/mol. The van der Waals surface area contributed by atoms with Crippen LogP contribution in [-0.4, -0.2) is 54.4 Å². The first-order valence-electron chi connectivity index (χ1n) is 7.47. The van der Waals surface area contributed by atoms with Gasteiger partial charge in [-0.2, -0.15) is 0 Å². The second kappa shape index (κ2) is 8.64. The average molecular weight is 328 g/mol. The summed E-state index contributed by atoms with van der Waals surface area (Å²) in [4.78, 5) is 34.0. The maximum absolute atomic E-state index is 11.7. The van der Waals surface area contributed by atoms with Gasteiger partial charge in [0.25, 0.3) is 0 Å². The largest absolute Gasteiger partial charge is 0.481 e. The maximum atomic E-state index is 11.7. The van der Waals surface area contributed by atoms with Crippen LogP contribution in [0.5, 0.6) is 0 Å². The van der Waals surface area contributed by atoms with E-state index in [1.807, 2.05) is 0 Å². The molecule has 1 rings (SSSR count). The highest BCUT2D eigenvalue weighted by Crippen LogP contribution is 2.24. The van der Waals surface area contributed by atoms with Gasteiger partial charge >= 0.3 is 11.9 Å². The van der Waals surface area contributed by atoms with Crippen LogP contribution in [0.1, 0.15) is 33.1 Å². The van der Waals surface area contributed by atoms with Crippen LogP contribution in [0, 0.1) is 0 Å². The van der Waals surface area contributed by atoms with Crippen molar-refractivity contribution in [1.82, 2.24) is 5.32 Å². The van der Waals surface area contributed by atoms with E-state index in [9.17, 15) is 14.4 Å². The molecule has 0 saturated carbocycles. The molecule has 0 spiro atoms. The lowest BCUT2D eigenvalue weighted by Gasteiger charge is -2.36. The summed E-state index contributed by atoms with van der Waals surface area (Å²) in [6.45, 7) is 3.16. The molecular weight excluding hydrogens is 304 g/mol. The fourth-order valence-electron chi connectivity index (χ4n) is 2.53. The van der Waals surface area contributed by atoms with Gasteiger partial charge in [-0.15, -0.1) is 0 Å². The highest BCUT2D eigenvalue weighted by Gasteiger charge is 2.36. The predicted octanol–water partition coefficient (Wildman–Crippen LogP) is -0.0400. The molecule has 1 amide bonds. The summed E-state index contributed by atoms with van der Waals surface area (Å²) >= 11 is 0.